The zero-order valence-corrected chi connectivity index (χ0v) is 13.6. The van der Waals surface area contributed by atoms with E-state index in [9.17, 15) is 4.79 Å². The molecule has 3 aromatic heterocycles. The van der Waals surface area contributed by atoms with Gasteiger partial charge in [-0.15, -0.1) is 0 Å². The summed E-state index contributed by atoms with van der Waals surface area (Å²) in [6.45, 7) is 0.624. The van der Waals surface area contributed by atoms with Crippen molar-refractivity contribution in [2.75, 3.05) is 0 Å². The molecule has 4 rings (SSSR count). The second kappa shape index (κ2) is 6.65. The highest BCUT2D eigenvalue weighted by Crippen LogP contribution is 2.17. The standard InChI is InChI=1S/C20H18N4O/c25-20(19-10-9-17-8-4-5-12-24(17)19)22-18(14-23-13-11-21-15-23)16-6-2-1-3-7-16/h1-13,15,18H,14H2,(H,22,25). The van der Waals surface area contributed by atoms with E-state index >= 15 is 0 Å². The number of nitrogens with zero attached hydrogens (tertiary/aromatic N) is 3. The van der Waals surface area contributed by atoms with Gasteiger partial charge in [0.25, 0.3) is 5.91 Å². The highest BCUT2D eigenvalue weighted by molar-refractivity contribution is 5.94. The number of carbonyl (C=O) groups excluding carboxylic acids is 1. The monoisotopic (exact) mass is 330 g/mol. The molecule has 1 atom stereocenters. The van der Waals surface area contributed by atoms with Gasteiger partial charge in [-0.3, -0.25) is 4.79 Å². The Kier molecular flexibility index (Phi) is 4.04. The van der Waals surface area contributed by atoms with Crippen LogP contribution in [-0.4, -0.2) is 19.9 Å². The molecule has 25 heavy (non-hydrogen) atoms. The summed E-state index contributed by atoms with van der Waals surface area (Å²) >= 11 is 0. The minimum atomic E-state index is -0.142. The van der Waals surface area contributed by atoms with E-state index in [4.69, 9.17) is 0 Å². The van der Waals surface area contributed by atoms with Crippen molar-refractivity contribution < 1.29 is 4.79 Å². The van der Waals surface area contributed by atoms with Crippen molar-refractivity contribution >= 4 is 11.4 Å². The smallest absolute Gasteiger partial charge is 0.268 e. The number of imidazole rings is 1. The van der Waals surface area contributed by atoms with Crippen LogP contribution in [-0.2, 0) is 6.54 Å². The molecule has 0 saturated carbocycles. The summed E-state index contributed by atoms with van der Waals surface area (Å²) in [5.41, 5.74) is 2.69. The van der Waals surface area contributed by atoms with Crippen LogP contribution in [0.4, 0.5) is 0 Å². The third kappa shape index (κ3) is 3.17. The van der Waals surface area contributed by atoms with Gasteiger partial charge >= 0.3 is 0 Å². The second-order valence-electron chi connectivity index (χ2n) is 5.91. The largest absolute Gasteiger partial charge is 0.342 e. The zero-order chi connectivity index (χ0) is 17.1. The summed E-state index contributed by atoms with van der Waals surface area (Å²) in [6, 6.07) is 19.5. The average Bonchev–Trinajstić information content (AvgIpc) is 3.31. The lowest BCUT2D eigenvalue weighted by atomic mass is 10.1. The maximum Gasteiger partial charge on any atom is 0.268 e. The van der Waals surface area contributed by atoms with Crippen molar-refractivity contribution in [1.82, 2.24) is 19.3 Å². The predicted octanol–water partition coefficient (Wildman–Crippen LogP) is 3.31. The van der Waals surface area contributed by atoms with Crippen LogP contribution in [0.15, 0.2) is 85.6 Å². The van der Waals surface area contributed by atoms with Crippen molar-refractivity contribution in [3.8, 4) is 0 Å². The van der Waals surface area contributed by atoms with Gasteiger partial charge in [0.15, 0.2) is 0 Å². The number of amides is 1. The lowest BCUT2D eigenvalue weighted by Gasteiger charge is -2.20. The van der Waals surface area contributed by atoms with E-state index in [-0.39, 0.29) is 11.9 Å². The zero-order valence-electron chi connectivity index (χ0n) is 13.6. The van der Waals surface area contributed by atoms with Crippen molar-refractivity contribution in [3.63, 3.8) is 0 Å². The van der Waals surface area contributed by atoms with Crippen LogP contribution in [0.3, 0.4) is 0 Å². The van der Waals surface area contributed by atoms with Crippen LogP contribution >= 0.6 is 0 Å². The topological polar surface area (TPSA) is 51.3 Å². The molecule has 0 spiro atoms. The van der Waals surface area contributed by atoms with Crippen molar-refractivity contribution in [2.45, 2.75) is 12.6 Å². The molecule has 0 aliphatic rings. The molecule has 0 bridgehead atoms. The number of benzene rings is 1. The number of nitrogens with one attached hydrogen (secondary N) is 1. The van der Waals surface area contributed by atoms with Gasteiger partial charge in [0.1, 0.15) is 5.69 Å². The van der Waals surface area contributed by atoms with Crippen molar-refractivity contribution in [1.29, 1.82) is 0 Å². The van der Waals surface area contributed by atoms with Gasteiger partial charge in [-0.2, -0.15) is 0 Å². The normalized spacial score (nSPS) is 12.2. The van der Waals surface area contributed by atoms with E-state index in [1.807, 2.05) is 82.0 Å². The molecule has 5 heteroatoms. The molecule has 1 aromatic carbocycles. The van der Waals surface area contributed by atoms with Gasteiger partial charge in [-0.25, -0.2) is 4.98 Å². The first-order valence-electron chi connectivity index (χ1n) is 8.19. The van der Waals surface area contributed by atoms with Crippen LogP contribution in [0.2, 0.25) is 0 Å². The molecular weight excluding hydrogens is 312 g/mol. The van der Waals surface area contributed by atoms with Gasteiger partial charge in [0.05, 0.1) is 12.4 Å². The number of rotatable bonds is 5. The third-order valence-electron chi connectivity index (χ3n) is 4.26. The third-order valence-corrected chi connectivity index (χ3v) is 4.26. The Hall–Kier alpha value is -3.34. The molecule has 5 nitrogen and oxygen atoms in total. The summed E-state index contributed by atoms with van der Waals surface area (Å²) in [5, 5.41) is 3.16. The molecule has 0 aliphatic heterocycles. The van der Waals surface area contributed by atoms with Gasteiger partial charge in [0, 0.05) is 30.7 Å². The molecule has 4 aromatic rings. The Morgan fingerprint density at radius 2 is 1.84 bits per heavy atom. The Balaban J connectivity index is 1.62. The molecule has 1 amide bonds. The average molecular weight is 330 g/mol. The molecule has 3 heterocycles. The summed E-state index contributed by atoms with van der Waals surface area (Å²) in [7, 11) is 0. The van der Waals surface area contributed by atoms with Gasteiger partial charge in [-0.1, -0.05) is 36.4 Å². The lowest BCUT2D eigenvalue weighted by Crippen LogP contribution is -2.32. The first-order valence-corrected chi connectivity index (χ1v) is 8.19. The Bertz CT molecular complexity index is 973. The van der Waals surface area contributed by atoms with E-state index in [0.29, 0.717) is 12.2 Å². The van der Waals surface area contributed by atoms with E-state index in [1.54, 1.807) is 12.5 Å². The predicted molar refractivity (Wildman–Crippen MR) is 96.3 cm³/mol. The van der Waals surface area contributed by atoms with Crippen molar-refractivity contribution in [3.05, 3.63) is 96.8 Å². The molecule has 1 N–H and O–H groups in total. The summed E-state index contributed by atoms with van der Waals surface area (Å²) in [5.74, 6) is -0.0971. The summed E-state index contributed by atoms with van der Waals surface area (Å²) < 4.78 is 3.86. The number of fused-ring (bicyclic) bond motifs is 1. The molecule has 0 fully saturated rings. The minimum absolute atomic E-state index is 0.0971. The highest BCUT2D eigenvalue weighted by atomic mass is 16.2. The number of hydrogen-bond donors (Lipinski definition) is 1. The Labute approximate surface area is 145 Å². The number of aromatic nitrogens is 3. The quantitative estimate of drug-likeness (QED) is 0.610. The fourth-order valence-electron chi connectivity index (χ4n) is 3.00. The second-order valence-corrected chi connectivity index (χ2v) is 5.91. The fourth-order valence-corrected chi connectivity index (χ4v) is 3.00. The Morgan fingerprint density at radius 3 is 2.64 bits per heavy atom. The first-order chi connectivity index (χ1) is 12.3. The van der Waals surface area contributed by atoms with Gasteiger partial charge < -0.3 is 14.3 Å². The molecule has 0 radical (unpaired) electrons. The summed E-state index contributed by atoms with van der Waals surface area (Å²) in [4.78, 5) is 17.0. The number of carbonyl (C=O) groups is 1. The van der Waals surface area contributed by atoms with Crippen molar-refractivity contribution in [2.24, 2.45) is 0 Å². The maximum atomic E-state index is 12.9. The lowest BCUT2D eigenvalue weighted by molar-refractivity contribution is 0.0927. The van der Waals surface area contributed by atoms with E-state index in [0.717, 1.165) is 11.1 Å². The van der Waals surface area contributed by atoms with E-state index < -0.39 is 0 Å². The van der Waals surface area contributed by atoms with Gasteiger partial charge in [0.2, 0.25) is 0 Å². The van der Waals surface area contributed by atoms with Crippen LogP contribution in [0.25, 0.3) is 5.52 Å². The Morgan fingerprint density at radius 1 is 1.00 bits per heavy atom. The SMILES string of the molecule is O=C(NC(Cn1ccnc1)c1ccccc1)c1ccc2ccccn12. The molecule has 1 unspecified atom stereocenters. The fraction of sp³-hybridized carbons (Fsp3) is 0.100. The maximum absolute atomic E-state index is 12.9. The number of hydrogen-bond acceptors (Lipinski definition) is 2. The first kappa shape index (κ1) is 15.2. The van der Waals surface area contributed by atoms with E-state index in [2.05, 4.69) is 10.3 Å². The van der Waals surface area contributed by atoms with Crippen LogP contribution in [0.1, 0.15) is 22.1 Å². The molecule has 0 aliphatic carbocycles. The van der Waals surface area contributed by atoms with E-state index in [1.165, 1.54) is 0 Å². The van der Waals surface area contributed by atoms with Gasteiger partial charge in [-0.05, 0) is 29.8 Å². The summed E-state index contributed by atoms with van der Waals surface area (Å²) in [6.07, 6.45) is 7.30. The van der Waals surface area contributed by atoms with Crippen LogP contribution in [0.5, 0.6) is 0 Å². The number of pyridine rings is 1. The molecular formula is C20H18N4O. The van der Waals surface area contributed by atoms with Crippen LogP contribution < -0.4 is 5.32 Å². The highest BCUT2D eigenvalue weighted by Gasteiger charge is 2.18. The molecule has 0 saturated heterocycles. The molecule has 124 valence electrons. The van der Waals surface area contributed by atoms with Crippen LogP contribution in [0, 0.1) is 0 Å². The minimum Gasteiger partial charge on any atom is -0.342 e.